The lowest BCUT2D eigenvalue weighted by molar-refractivity contribution is 0.147. The van der Waals surface area contributed by atoms with Crippen LogP contribution in [0.25, 0.3) is 10.9 Å². The van der Waals surface area contributed by atoms with Crippen LogP contribution in [-0.2, 0) is 0 Å². The predicted octanol–water partition coefficient (Wildman–Crippen LogP) is 2.78. The van der Waals surface area contributed by atoms with E-state index in [4.69, 9.17) is 0 Å². The van der Waals surface area contributed by atoms with Crippen LogP contribution in [0.4, 0.5) is 17.6 Å². The maximum atomic E-state index is 13.1. The average molecular weight is 204 g/mol. The van der Waals surface area contributed by atoms with Crippen molar-refractivity contribution in [3.05, 3.63) is 29.5 Å². The third-order valence-corrected chi connectivity index (χ3v) is 1.82. The number of hydrogen-bond acceptors (Lipinski definition) is 1. The molecule has 2 aromatic rings. The summed E-state index contributed by atoms with van der Waals surface area (Å²) < 4.78 is 50.3. The van der Waals surface area contributed by atoms with E-state index in [0.29, 0.717) is 6.07 Å². The van der Waals surface area contributed by atoms with Crippen molar-refractivity contribution in [2.75, 3.05) is 0 Å². The molecule has 0 fully saturated rings. The number of aromatic amines is 1. The molecule has 0 spiro atoms. The van der Waals surface area contributed by atoms with Crippen LogP contribution in [0.3, 0.4) is 0 Å². The van der Waals surface area contributed by atoms with Gasteiger partial charge in [-0.25, -0.2) is 17.6 Å². The fourth-order valence-corrected chi connectivity index (χ4v) is 1.25. The number of nitrogens with one attached hydrogen (secondary N) is 1. The molecule has 6 heteroatoms. The van der Waals surface area contributed by atoms with Crippen molar-refractivity contribution in [1.29, 1.82) is 0 Å². The van der Waals surface area contributed by atoms with Crippen LogP contribution in [0.5, 0.6) is 0 Å². The lowest BCUT2D eigenvalue weighted by Gasteiger charge is -1.96. The van der Waals surface area contributed by atoms with Crippen molar-refractivity contribution in [2.45, 2.75) is 6.43 Å². The van der Waals surface area contributed by atoms with Crippen molar-refractivity contribution in [3.8, 4) is 0 Å². The topological polar surface area (TPSA) is 28.7 Å². The van der Waals surface area contributed by atoms with Crippen LogP contribution in [0.2, 0.25) is 0 Å². The minimum Gasteiger partial charge on any atom is -0.275 e. The number of H-pyrrole nitrogens is 1. The molecule has 0 amide bonds. The van der Waals surface area contributed by atoms with Crippen LogP contribution in [0, 0.1) is 11.6 Å². The van der Waals surface area contributed by atoms with Crippen molar-refractivity contribution >= 4 is 10.9 Å². The summed E-state index contributed by atoms with van der Waals surface area (Å²) in [6, 6.07) is 1.44. The van der Waals surface area contributed by atoms with Gasteiger partial charge < -0.3 is 0 Å². The first-order chi connectivity index (χ1) is 6.59. The number of alkyl halides is 2. The number of aromatic nitrogens is 2. The minimum atomic E-state index is -2.86. The van der Waals surface area contributed by atoms with Crippen molar-refractivity contribution in [2.24, 2.45) is 0 Å². The van der Waals surface area contributed by atoms with Gasteiger partial charge in [0.25, 0.3) is 6.43 Å². The van der Waals surface area contributed by atoms with E-state index in [2.05, 4.69) is 5.10 Å². The molecule has 0 atom stereocenters. The lowest BCUT2D eigenvalue weighted by atomic mass is 10.2. The van der Waals surface area contributed by atoms with Gasteiger partial charge >= 0.3 is 0 Å². The van der Waals surface area contributed by atoms with Gasteiger partial charge in [-0.15, -0.1) is 0 Å². The molecule has 1 N–H and O–H groups in total. The molecule has 74 valence electrons. The molecule has 1 aromatic heterocycles. The molecule has 0 aliphatic rings. The Morgan fingerprint density at radius 2 is 1.93 bits per heavy atom. The van der Waals surface area contributed by atoms with Crippen LogP contribution >= 0.6 is 0 Å². The highest BCUT2D eigenvalue weighted by Gasteiger charge is 2.18. The molecule has 0 radical (unpaired) electrons. The summed E-state index contributed by atoms with van der Waals surface area (Å²) in [7, 11) is 0. The molecule has 0 aliphatic carbocycles. The smallest absolute Gasteiger partial charge is 0.275 e. The second kappa shape index (κ2) is 2.97. The molecule has 1 heterocycles. The Labute approximate surface area is 75.5 Å². The minimum absolute atomic E-state index is 0.141. The summed E-state index contributed by atoms with van der Waals surface area (Å²) in [5, 5.41) is 4.99. The molecule has 2 nitrogen and oxygen atoms in total. The Bertz CT molecular complexity index is 477. The summed E-state index contributed by atoms with van der Waals surface area (Å²) in [6.45, 7) is 0. The van der Waals surface area contributed by atoms with Crippen molar-refractivity contribution in [1.82, 2.24) is 10.2 Å². The van der Waals surface area contributed by atoms with Crippen molar-refractivity contribution in [3.63, 3.8) is 0 Å². The summed E-state index contributed by atoms with van der Waals surface area (Å²) in [5.41, 5.74) is -0.768. The van der Waals surface area contributed by atoms with E-state index in [1.165, 1.54) is 0 Å². The lowest BCUT2D eigenvalue weighted by Crippen LogP contribution is -1.87. The second-order valence-corrected chi connectivity index (χ2v) is 2.72. The van der Waals surface area contributed by atoms with Crippen LogP contribution in [-0.4, -0.2) is 10.2 Å². The molecular formula is C8H4F4N2. The number of rotatable bonds is 1. The van der Waals surface area contributed by atoms with E-state index in [0.717, 1.165) is 6.07 Å². The molecule has 1 aromatic carbocycles. The van der Waals surface area contributed by atoms with Crippen LogP contribution < -0.4 is 0 Å². The molecule has 0 saturated carbocycles. The summed E-state index contributed by atoms with van der Waals surface area (Å²) in [6.07, 6.45) is -2.86. The van der Waals surface area contributed by atoms with E-state index >= 15 is 0 Å². The standard InChI is InChI=1S/C8H4F4N2/c9-3-1-4(10)6-5(2-3)13-14-7(6)8(11)12/h1-2,8H,(H,13,14). The average Bonchev–Trinajstić information content (AvgIpc) is 2.47. The first kappa shape index (κ1) is 8.98. The summed E-state index contributed by atoms with van der Waals surface area (Å²) >= 11 is 0. The quantitative estimate of drug-likeness (QED) is 0.711. The molecule has 14 heavy (non-hydrogen) atoms. The largest absolute Gasteiger partial charge is 0.280 e. The van der Waals surface area contributed by atoms with Gasteiger partial charge in [-0.05, 0) is 0 Å². The maximum absolute atomic E-state index is 13.1. The zero-order valence-electron chi connectivity index (χ0n) is 6.69. The van der Waals surface area contributed by atoms with Gasteiger partial charge in [0.15, 0.2) is 0 Å². The van der Waals surface area contributed by atoms with E-state index in [1.54, 1.807) is 0 Å². The Morgan fingerprint density at radius 1 is 1.21 bits per heavy atom. The number of halogens is 4. The van der Waals surface area contributed by atoms with Gasteiger partial charge in [0.05, 0.1) is 10.9 Å². The second-order valence-electron chi connectivity index (χ2n) is 2.72. The van der Waals surface area contributed by atoms with Gasteiger partial charge in [-0.3, -0.25) is 5.10 Å². The van der Waals surface area contributed by atoms with Gasteiger partial charge in [-0.2, -0.15) is 5.10 Å². The van der Waals surface area contributed by atoms with Crippen LogP contribution in [0.15, 0.2) is 12.1 Å². The number of fused-ring (bicyclic) bond motifs is 1. The first-order valence-electron chi connectivity index (χ1n) is 3.70. The maximum Gasteiger partial charge on any atom is 0.280 e. The monoisotopic (exact) mass is 204 g/mol. The molecule has 0 saturated heterocycles. The third-order valence-electron chi connectivity index (χ3n) is 1.82. The summed E-state index contributed by atoms with van der Waals surface area (Å²) in [4.78, 5) is 0. The fourth-order valence-electron chi connectivity index (χ4n) is 1.25. The highest BCUT2D eigenvalue weighted by molar-refractivity contribution is 5.82. The van der Waals surface area contributed by atoms with E-state index in [9.17, 15) is 17.6 Å². The number of benzene rings is 1. The Balaban J connectivity index is 2.79. The van der Waals surface area contributed by atoms with Gasteiger partial charge in [0.1, 0.15) is 17.3 Å². The Morgan fingerprint density at radius 3 is 2.57 bits per heavy atom. The highest BCUT2D eigenvalue weighted by atomic mass is 19.3. The summed E-state index contributed by atoms with van der Waals surface area (Å²) in [5.74, 6) is -1.88. The molecule has 0 aliphatic heterocycles. The Kier molecular flexibility index (Phi) is 1.90. The van der Waals surface area contributed by atoms with E-state index < -0.39 is 23.8 Å². The number of nitrogens with zero attached hydrogens (tertiary/aromatic N) is 1. The first-order valence-corrected chi connectivity index (χ1v) is 3.70. The third kappa shape index (κ3) is 1.23. The highest BCUT2D eigenvalue weighted by Crippen LogP contribution is 2.27. The Hall–Kier alpha value is -1.59. The zero-order valence-corrected chi connectivity index (χ0v) is 6.69. The van der Waals surface area contributed by atoms with E-state index in [1.807, 2.05) is 5.10 Å². The van der Waals surface area contributed by atoms with Gasteiger partial charge in [0.2, 0.25) is 0 Å². The van der Waals surface area contributed by atoms with Crippen molar-refractivity contribution < 1.29 is 17.6 Å². The molecule has 0 bridgehead atoms. The SMILES string of the molecule is Fc1cc(F)c2c(C(F)F)[nH]nc2c1. The van der Waals surface area contributed by atoms with E-state index in [-0.39, 0.29) is 10.9 Å². The molecule has 2 rings (SSSR count). The molecular weight excluding hydrogens is 200 g/mol. The number of hydrogen-bond donors (Lipinski definition) is 1. The normalized spacial score (nSPS) is 11.5. The fraction of sp³-hybridized carbons (Fsp3) is 0.125. The van der Waals surface area contributed by atoms with Crippen LogP contribution in [0.1, 0.15) is 12.1 Å². The zero-order chi connectivity index (χ0) is 10.3. The van der Waals surface area contributed by atoms with Gasteiger partial charge in [-0.1, -0.05) is 0 Å². The predicted molar refractivity (Wildman–Crippen MR) is 41.0 cm³/mol. The van der Waals surface area contributed by atoms with Gasteiger partial charge in [0, 0.05) is 12.1 Å². The molecule has 0 unspecified atom stereocenters.